The quantitative estimate of drug-likeness (QED) is 0.238. The summed E-state index contributed by atoms with van der Waals surface area (Å²) in [6.07, 6.45) is 7.92. The van der Waals surface area contributed by atoms with E-state index in [1.807, 2.05) is 19.1 Å². The van der Waals surface area contributed by atoms with Crippen LogP contribution in [0, 0.1) is 17.7 Å². The molecule has 0 bridgehead atoms. The SMILES string of the molecule is C=C(CN1CC[C@]2(CCN(c3ccc(N)c(C(=N)c4cnc(C)s4)n3)C2=O)C1)N1CC=C(c2ccc(C(N)=NC=NC)cc2)CC1. The number of nitrogens with one attached hydrogen (secondary N) is 1. The second-order valence-electron chi connectivity index (χ2n) is 12.1. The van der Waals surface area contributed by atoms with E-state index in [1.54, 1.807) is 30.3 Å². The molecule has 1 aromatic carbocycles. The minimum Gasteiger partial charge on any atom is -0.397 e. The van der Waals surface area contributed by atoms with Gasteiger partial charge in [-0.3, -0.25) is 25.0 Å². The van der Waals surface area contributed by atoms with Crippen LogP contribution in [0.15, 0.2) is 70.9 Å². The number of aromatic nitrogens is 2. The van der Waals surface area contributed by atoms with Crippen molar-refractivity contribution in [1.82, 2.24) is 19.8 Å². The maximum absolute atomic E-state index is 13.9. The summed E-state index contributed by atoms with van der Waals surface area (Å²) in [4.78, 5) is 38.0. The molecule has 5 heterocycles. The van der Waals surface area contributed by atoms with E-state index >= 15 is 0 Å². The summed E-state index contributed by atoms with van der Waals surface area (Å²) in [5.41, 5.74) is 17.3. The number of nitrogens with zero attached hydrogens (tertiary/aromatic N) is 7. The van der Waals surface area contributed by atoms with E-state index in [1.165, 1.54) is 28.8 Å². The van der Waals surface area contributed by atoms with Crippen LogP contribution in [0.4, 0.5) is 11.5 Å². The Hall–Kier alpha value is -4.68. The highest BCUT2D eigenvalue weighted by Crippen LogP contribution is 2.42. The lowest BCUT2D eigenvalue weighted by Gasteiger charge is -2.32. The van der Waals surface area contributed by atoms with Crippen LogP contribution < -0.4 is 16.4 Å². The number of pyridine rings is 1. The average Bonchev–Trinajstić information content (AvgIpc) is 3.78. The second kappa shape index (κ2) is 13.0. The minimum atomic E-state index is -0.426. The molecule has 0 saturated carbocycles. The van der Waals surface area contributed by atoms with Gasteiger partial charge in [-0.2, -0.15) is 0 Å². The third-order valence-corrected chi connectivity index (χ3v) is 10.1. The van der Waals surface area contributed by atoms with Crippen molar-refractivity contribution in [1.29, 1.82) is 5.41 Å². The summed E-state index contributed by atoms with van der Waals surface area (Å²) in [7, 11) is 1.66. The van der Waals surface area contributed by atoms with Crippen LogP contribution in [0.1, 0.15) is 46.0 Å². The second-order valence-corrected chi connectivity index (χ2v) is 13.4. The number of rotatable bonds is 9. The van der Waals surface area contributed by atoms with Gasteiger partial charge in [0.15, 0.2) is 0 Å². The Morgan fingerprint density at radius 3 is 2.65 bits per heavy atom. The number of likely N-dealkylation sites (tertiary alicyclic amines) is 1. The van der Waals surface area contributed by atoms with Gasteiger partial charge in [-0.25, -0.2) is 15.0 Å². The summed E-state index contributed by atoms with van der Waals surface area (Å²) in [5, 5.41) is 9.54. The predicted molar refractivity (Wildman–Crippen MR) is 187 cm³/mol. The van der Waals surface area contributed by atoms with Crippen LogP contribution >= 0.6 is 11.3 Å². The molecule has 1 amide bonds. The number of hydrogen-bond donors (Lipinski definition) is 3. The van der Waals surface area contributed by atoms with Gasteiger partial charge in [0.25, 0.3) is 0 Å². The molecule has 1 atom stereocenters. The van der Waals surface area contributed by atoms with Gasteiger partial charge in [0.2, 0.25) is 5.91 Å². The van der Waals surface area contributed by atoms with E-state index in [0.717, 1.165) is 61.7 Å². The summed E-state index contributed by atoms with van der Waals surface area (Å²) in [6, 6.07) is 11.7. The van der Waals surface area contributed by atoms with Gasteiger partial charge in [0.1, 0.15) is 29.4 Å². The number of aryl methyl sites for hydroxylation is 1. The highest BCUT2D eigenvalue weighted by molar-refractivity contribution is 7.13. The van der Waals surface area contributed by atoms with Crippen LogP contribution in [-0.2, 0) is 4.79 Å². The smallest absolute Gasteiger partial charge is 0.235 e. The lowest BCUT2D eigenvalue weighted by Crippen LogP contribution is -2.39. The number of amides is 1. The van der Waals surface area contributed by atoms with Gasteiger partial charge in [0, 0.05) is 57.2 Å². The van der Waals surface area contributed by atoms with Crippen LogP contribution in [0.3, 0.4) is 0 Å². The van der Waals surface area contributed by atoms with Gasteiger partial charge >= 0.3 is 0 Å². The standard InChI is InChI=1S/C34H40N10OS/c1-22(43-14-10-25(11-15-43)24-4-6-26(7-5-24)32(37)40-21-38-3)19-42-16-12-34(20-42)13-17-44(33(34)45)29-9-8-27(35)31(41-29)30(36)28-18-39-23(2)46-28/h4-10,18,21,36H,1,11-17,19-20,35H2,2-3H3,(H2,37,38,40)/t34-/m0/s1. The molecule has 3 aliphatic heterocycles. The third kappa shape index (κ3) is 6.22. The highest BCUT2D eigenvalue weighted by atomic mass is 32.1. The molecule has 238 valence electrons. The Bertz CT molecular complexity index is 1760. The maximum Gasteiger partial charge on any atom is 0.235 e. The van der Waals surface area contributed by atoms with Crippen molar-refractivity contribution in [2.45, 2.75) is 26.2 Å². The fourth-order valence-electron chi connectivity index (χ4n) is 6.54. The van der Waals surface area contributed by atoms with Gasteiger partial charge in [0.05, 0.1) is 21.0 Å². The summed E-state index contributed by atoms with van der Waals surface area (Å²) in [5.74, 6) is 1.10. The molecule has 6 rings (SSSR count). The largest absolute Gasteiger partial charge is 0.397 e. The number of thiazole rings is 1. The number of hydrogen-bond acceptors (Lipinski definition) is 9. The fourth-order valence-corrected chi connectivity index (χ4v) is 7.27. The first-order valence-electron chi connectivity index (χ1n) is 15.5. The van der Waals surface area contributed by atoms with E-state index in [0.29, 0.717) is 41.0 Å². The van der Waals surface area contributed by atoms with Crippen LogP contribution in [-0.4, -0.2) is 89.9 Å². The number of aliphatic imine (C=N–C) groups is 2. The monoisotopic (exact) mass is 636 g/mol. The van der Waals surface area contributed by atoms with Crippen LogP contribution in [0.25, 0.3) is 5.57 Å². The number of nitrogen functional groups attached to an aromatic ring is 1. The van der Waals surface area contributed by atoms with Crippen molar-refractivity contribution in [2.75, 3.05) is 56.9 Å². The zero-order valence-corrected chi connectivity index (χ0v) is 27.2. The molecule has 2 aromatic heterocycles. The third-order valence-electron chi connectivity index (χ3n) is 9.16. The summed E-state index contributed by atoms with van der Waals surface area (Å²) >= 11 is 1.43. The van der Waals surface area contributed by atoms with Crippen molar-refractivity contribution in [3.63, 3.8) is 0 Å². The molecular formula is C34H40N10OS. The van der Waals surface area contributed by atoms with Crippen molar-refractivity contribution in [3.8, 4) is 0 Å². The molecule has 5 N–H and O–H groups in total. The summed E-state index contributed by atoms with van der Waals surface area (Å²) < 4.78 is 0. The number of nitrogens with two attached hydrogens (primary N) is 2. The molecule has 11 nitrogen and oxygen atoms in total. The number of anilines is 2. The molecule has 0 radical (unpaired) electrons. The van der Waals surface area contributed by atoms with Gasteiger partial charge in [-0.1, -0.05) is 36.9 Å². The van der Waals surface area contributed by atoms with Crippen LogP contribution in [0.5, 0.6) is 0 Å². The normalized spacial score (nSPS) is 20.7. The van der Waals surface area contributed by atoms with E-state index in [4.69, 9.17) is 21.9 Å². The molecule has 2 fully saturated rings. The van der Waals surface area contributed by atoms with Crippen molar-refractivity contribution in [3.05, 3.63) is 87.7 Å². The first kappa shape index (κ1) is 31.3. The number of carbonyl (C=O) groups is 1. The fraction of sp³-hybridized carbons (Fsp3) is 0.353. The first-order chi connectivity index (χ1) is 22.2. The molecule has 12 heteroatoms. The molecule has 3 aliphatic rings. The van der Waals surface area contributed by atoms with Gasteiger partial charge in [-0.15, -0.1) is 11.3 Å². The lowest BCUT2D eigenvalue weighted by molar-refractivity contribution is -0.125. The molecular weight excluding hydrogens is 597 g/mol. The highest BCUT2D eigenvalue weighted by Gasteiger charge is 2.51. The Balaban J connectivity index is 1.05. The topological polar surface area (TPSA) is 153 Å². The molecule has 1 spiro atoms. The minimum absolute atomic E-state index is 0.104. The Morgan fingerprint density at radius 2 is 1.96 bits per heavy atom. The van der Waals surface area contributed by atoms with Crippen molar-refractivity contribution >= 4 is 52.2 Å². The van der Waals surface area contributed by atoms with Crippen molar-refractivity contribution < 1.29 is 4.79 Å². The molecule has 3 aromatic rings. The van der Waals surface area contributed by atoms with E-state index in [-0.39, 0.29) is 11.6 Å². The summed E-state index contributed by atoms with van der Waals surface area (Å²) in [6.45, 7) is 10.9. The number of carbonyl (C=O) groups excluding carboxylic acids is 1. The molecule has 0 aliphatic carbocycles. The van der Waals surface area contributed by atoms with Crippen LogP contribution in [0.2, 0.25) is 0 Å². The molecule has 2 saturated heterocycles. The maximum atomic E-state index is 13.9. The number of benzene rings is 1. The Morgan fingerprint density at radius 1 is 1.17 bits per heavy atom. The number of amidine groups is 1. The average molecular weight is 637 g/mol. The van der Waals surface area contributed by atoms with E-state index < -0.39 is 5.41 Å². The van der Waals surface area contributed by atoms with Gasteiger partial charge < -0.3 is 16.4 Å². The Labute approximate surface area is 273 Å². The molecule has 0 unspecified atom stereocenters. The zero-order valence-electron chi connectivity index (χ0n) is 26.4. The molecule has 46 heavy (non-hydrogen) atoms. The Kier molecular flexibility index (Phi) is 8.83. The van der Waals surface area contributed by atoms with Gasteiger partial charge in [-0.05, 0) is 56.0 Å². The first-order valence-corrected chi connectivity index (χ1v) is 16.3. The van der Waals surface area contributed by atoms with E-state index in [9.17, 15) is 4.79 Å². The lowest BCUT2D eigenvalue weighted by atomic mass is 9.85. The van der Waals surface area contributed by atoms with E-state index in [2.05, 4.69) is 49.6 Å². The predicted octanol–water partition coefficient (Wildman–Crippen LogP) is 3.94. The van der Waals surface area contributed by atoms with Crippen molar-refractivity contribution in [2.24, 2.45) is 21.1 Å². The zero-order chi connectivity index (χ0) is 32.4.